The maximum Gasteiger partial charge on any atom is 0.323 e. The predicted molar refractivity (Wildman–Crippen MR) is 87.2 cm³/mol. The van der Waals surface area contributed by atoms with E-state index >= 15 is 0 Å². The molecule has 1 aliphatic heterocycles. The van der Waals surface area contributed by atoms with Gasteiger partial charge in [0.15, 0.2) is 0 Å². The summed E-state index contributed by atoms with van der Waals surface area (Å²) in [5.74, 6) is 0.455. The Kier molecular flexibility index (Phi) is 4.02. The van der Waals surface area contributed by atoms with E-state index in [0.29, 0.717) is 23.5 Å². The highest BCUT2D eigenvalue weighted by Gasteiger charge is 2.19. The van der Waals surface area contributed by atoms with Crippen LogP contribution in [-0.2, 0) is 4.79 Å². The summed E-state index contributed by atoms with van der Waals surface area (Å²) in [7, 11) is 0. The number of benzene rings is 1. The van der Waals surface area contributed by atoms with E-state index in [1.165, 1.54) is 0 Å². The number of imidazole rings is 1. The van der Waals surface area contributed by atoms with Crippen molar-refractivity contribution in [3.05, 3.63) is 27.7 Å². The highest BCUT2D eigenvalue weighted by Crippen LogP contribution is 2.27. The number of anilines is 1. The highest BCUT2D eigenvalue weighted by atomic mass is 16.2. The maximum atomic E-state index is 12.4. The first-order valence-corrected chi connectivity index (χ1v) is 7.77. The smallest absolute Gasteiger partial charge is 0.323 e. The van der Waals surface area contributed by atoms with E-state index in [9.17, 15) is 9.59 Å². The minimum Gasteiger partial charge on any atom is -0.324 e. The van der Waals surface area contributed by atoms with Crippen molar-refractivity contribution in [3.63, 3.8) is 0 Å². The summed E-state index contributed by atoms with van der Waals surface area (Å²) in [5.41, 5.74) is 3.89. The number of carbonyl (C=O) groups is 1. The second kappa shape index (κ2) is 5.96. The molecule has 1 amide bonds. The van der Waals surface area contributed by atoms with Crippen LogP contribution in [0.4, 0.5) is 5.69 Å². The second-order valence-electron chi connectivity index (χ2n) is 6.14. The third kappa shape index (κ3) is 2.92. The molecule has 0 bridgehead atoms. The van der Waals surface area contributed by atoms with Gasteiger partial charge in [0.1, 0.15) is 0 Å². The second-order valence-corrected chi connectivity index (χ2v) is 6.14. The Hall–Kier alpha value is -2.08. The van der Waals surface area contributed by atoms with E-state index in [-0.39, 0.29) is 11.6 Å². The molecule has 118 valence electrons. The van der Waals surface area contributed by atoms with Crippen molar-refractivity contribution in [2.45, 2.75) is 33.1 Å². The van der Waals surface area contributed by atoms with E-state index < -0.39 is 0 Å². The molecule has 0 saturated carbocycles. The first-order chi connectivity index (χ1) is 10.5. The van der Waals surface area contributed by atoms with Gasteiger partial charge in [0.25, 0.3) is 0 Å². The zero-order chi connectivity index (χ0) is 15.7. The van der Waals surface area contributed by atoms with Crippen molar-refractivity contribution in [2.24, 2.45) is 5.92 Å². The normalized spacial score (nSPS) is 16.1. The summed E-state index contributed by atoms with van der Waals surface area (Å²) in [6, 6.07) is 1.92. The summed E-state index contributed by atoms with van der Waals surface area (Å²) >= 11 is 0. The average Bonchev–Trinajstić information content (AvgIpc) is 2.85. The summed E-state index contributed by atoms with van der Waals surface area (Å²) < 4.78 is 0. The molecule has 2 aromatic rings. The van der Waals surface area contributed by atoms with Crippen molar-refractivity contribution < 1.29 is 4.79 Å². The molecule has 0 aliphatic carbocycles. The lowest BCUT2D eigenvalue weighted by molar-refractivity contribution is -0.117. The fourth-order valence-corrected chi connectivity index (χ4v) is 3.11. The Balaban J connectivity index is 1.84. The molecule has 0 radical (unpaired) electrons. The van der Waals surface area contributed by atoms with Gasteiger partial charge < -0.3 is 20.6 Å². The third-order valence-electron chi connectivity index (χ3n) is 4.53. The van der Waals surface area contributed by atoms with Gasteiger partial charge in [0.05, 0.1) is 16.7 Å². The molecular weight excluding hydrogens is 280 g/mol. The first-order valence-electron chi connectivity index (χ1n) is 7.77. The molecule has 1 saturated heterocycles. The van der Waals surface area contributed by atoms with E-state index in [2.05, 4.69) is 20.6 Å². The number of aromatic nitrogens is 2. The molecule has 0 unspecified atom stereocenters. The molecule has 1 fully saturated rings. The summed E-state index contributed by atoms with van der Waals surface area (Å²) in [4.78, 5) is 29.4. The van der Waals surface area contributed by atoms with Crippen LogP contribution in [0.2, 0.25) is 0 Å². The predicted octanol–water partition coefficient (Wildman–Crippen LogP) is 1.80. The SMILES string of the molecule is Cc1cc2[nH]c(=O)[nH]c2c(NC(=O)CC2CCNCC2)c1C. The van der Waals surface area contributed by atoms with E-state index in [0.717, 1.165) is 42.6 Å². The lowest BCUT2D eigenvalue weighted by Crippen LogP contribution is -2.30. The molecule has 4 N–H and O–H groups in total. The van der Waals surface area contributed by atoms with Gasteiger partial charge in [0.2, 0.25) is 5.91 Å². The van der Waals surface area contributed by atoms with Gasteiger partial charge in [-0.2, -0.15) is 0 Å². The fourth-order valence-electron chi connectivity index (χ4n) is 3.11. The maximum absolute atomic E-state index is 12.4. The summed E-state index contributed by atoms with van der Waals surface area (Å²) in [5, 5.41) is 6.31. The van der Waals surface area contributed by atoms with Gasteiger partial charge in [-0.05, 0) is 62.9 Å². The number of H-pyrrole nitrogens is 2. The molecule has 0 atom stereocenters. The van der Waals surface area contributed by atoms with Crippen LogP contribution in [-0.4, -0.2) is 29.0 Å². The van der Waals surface area contributed by atoms with Gasteiger partial charge in [-0.1, -0.05) is 0 Å². The van der Waals surface area contributed by atoms with Crippen molar-refractivity contribution in [3.8, 4) is 0 Å². The molecule has 1 aromatic heterocycles. The van der Waals surface area contributed by atoms with Gasteiger partial charge >= 0.3 is 5.69 Å². The summed E-state index contributed by atoms with van der Waals surface area (Å²) in [6.07, 6.45) is 2.61. The van der Waals surface area contributed by atoms with Gasteiger partial charge in [-0.15, -0.1) is 0 Å². The van der Waals surface area contributed by atoms with Crippen LogP contribution in [0.5, 0.6) is 0 Å². The lowest BCUT2D eigenvalue weighted by atomic mass is 9.94. The van der Waals surface area contributed by atoms with E-state index in [1.807, 2.05) is 19.9 Å². The number of hydrogen-bond donors (Lipinski definition) is 4. The molecule has 6 heteroatoms. The largest absolute Gasteiger partial charge is 0.324 e. The van der Waals surface area contributed by atoms with Gasteiger partial charge in [-0.25, -0.2) is 4.79 Å². The van der Waals surface area contributed by atoms with Gasteiger partial charge in [0, 0.05) is 6.42 Å². The number of rotatable bonds is 3. The standard InChI is InChI=1S/C16H22N4O2/c1-9-7-12-15(20-16(22)18-12)14(10(9)2)19-13(21)8-11-3-5-17-6-4-11/h7,11,17H,3-6,8H2,1-2H3,(H,19,21)(H2,18,20,22). The number of aryl methyl sites for hydroxylation is 1. The molecule has 1 aromatic carbocycles. The van der Waals surface area contributed by atoms with E-state index in [4.69, 9.17) is 0 Å². The number of piperidine rings is 1. The van der Waals surface area contributed by atoms with Crippen molar-refractivity contribution in [1.29, 1.82) is 0 Å². The number of nitrogens with one attached hydrogen (secondary N) is 4. The summed E-state index contributed by atoms with van der Waals surface area (Å²) in [6.45, 7) is 5.90. The molecule has 22 heavy (non-hydrogen) atoms. The number of fused-ring (bicyclic) bond motifs is 1. The Morgan fingerprint density at radius 1 is 1.27 bits per heavy atom. The fraction of sp³-hybridized carbons (Fsp3) is 0.500. The van der Waals surface area contributed by atoms with Crippen LogP contribution >= 0.6 is 0 Å². The van der Waals surface area contributed by atoms with Crippen molar-refractivity contribution in [2.75, 3.05) is 18.4 Å². The highest BCUT2D eigenvalue weighted by molar-refractivity contribution is 6.01. The number of carbonyl (C=O) groups excluding carboxylic acids is 1. The molecule has 2 heterocycles. The number of aromatic amines is 2. The monoisotopic (exact) mass is 302 g/mol. The number of amides is 1. The topological polar surface area (TPSA) is 89.8 Å². The number of hydrogen-bond acceptors (Lipinski definition) is 3. The Morgan fingerprint density at radius 2 is 2.00 bits per heavy atom. The quantitative estimate of drug-likeness (QED) is 0.697. The first kappa shape index (κ1) is 14.8. The van der Waals surface area contributed by atoms with Crippen LogP contribution in [0.15, 0.2) is 10.9 Å². The molecule has 6 nitrogen and oxygen atoms in total. The van der Waals surface area contributed by atoms with Crippen LogP contribution in [0, 0.1) is 19.8 Å². The van der Waals surface area contributed by atoms with Crippen molar-refractivity contribution >= 4 is 22.6 Å². The van der Waals surface area contributed by atoms with Gasteiger partial charge in [-0.3, -0.25) is 4.79 Å². The zero-order valence-electron chi connectivity index (χ0n) is 13.0. The Morgan fingerprint density at radius 3 is 2.73 bits per heavy atom. The average molecular weight is 302 g/mol. The molecule has 1 aliphatic rings. The van der Waals surface area contributed by atoms with E-state index in [1.54, 1.807) is 0 Å². The zero-order valence-corrected chi connectivity index (χ0v) is 13.0. The molecular formula is C16H22N4O2. The van der Waals surface area contributed by atoms with Crippen LogP contribution in [0.1, 0.15) is 30.4 Å². The Labute approximate surface area is 128 Å². The van der Waals surface area contributed by atoms with Crippen LogP contribution < -0.4 is 16.3 Å². The minimum atomic E-state index is -0.256. The third-order valence-corrected chi connectivity index (χ3v) is 4.53. The minimum absolute atomic E-state index is 0.0175. The lowest BCUT2D eigenvalue weighted by Gasteiger charge is -2.22. The molecule has 0 spiro atoms. The van der Waals surface area contributed by atoms with Crippen LogP contribution in [0.25, 0.3) is 11.0 Å². The van der Waals surface area contributed by atoms with Crippen LogP contribution in [0.3, 0.4) is 0 Å². The molecule has 3 rings (SSSR count). The van der Waals surface area contributed by atoms with Crippen molar-refractivity contribution in [1.82, 2.24) is 15.3 Å². The Bertz CT molecular complexity index is 753.